The summed E-state index contributed by atoms with van der Waals surface area (Å²) in [5.41, 5.74) is 2.06. The van der Waals surface area contributed by atoms with Gasteiger partial charge in [0.15, 0.2) is 0 Å². The first kappa shape index (κ1) is 14.8. The smallest absolute Gasteiger partial charge is 0.226 e. The summed E-state index contributed by atoms with van der Waals surface area (Å²) in [6.07, 6.45) is 5.25. The Hall–Kier alpha value is -2.14. The number of hydrogen-bond acceptors (Lipinski definition) is 3. The molecule has 2 aromatic rings. The quantitative estimate of drug-likeness (QED) is 0.910. The molecule has 0 saturated carbocycles. The van der Waals surface area contributed by atoms with Crippen molar-refractivity contribution < 1.29 is 4.79 Å². The van der Waals surface area contributed by atoms with Crippen molar-refractivity contribution in [1.82, 2.24) is 20.0 Å². The maximum atomic E-state index is 12.4. The third-order valence-electron chi connectivity index (χ3n) is 4.19. The van der Waals surface area contributed by atoms with Crippen molar-refractivity contribution in [3.8, 4) is 5.69 Å². The monoisotopic (exact) mass is 298 g/mol. The van der Waals surface area contributed by atoms with Gasteiger partial charge in [-0.3, -0.25) is 4.79 Å². The van der Waals surface area contributed by atoms with E-state index in [4.69, 9.17) is 0 Å². The molecule has 1 aromatic carbocycles. The number of hydrogen-bond donors (Lipinski definition) is 1. The topological polar surface area (TPSA) is 50.2 Å². The molecule has 1 saturated heterocycles. The summed E-state index contributed by atoms with van der Waals surface area (Å²) in [4.78, 5) is 14.4. The standard InChI is InChI=1S/C17H22N4O/c1-18-12-15-7-10-20(13-15)17(22)11-14-3-5-16(6-4-14)21-9-2-8-19-21/h2-6,8-9,15,18H,7,10-13H2,1H3. The van der Waals surface area contributed by atoms with E-state index >= 15 is 0 Å². The van der Waals surface area contributed by atoms with Crippen LogP contribution in [0.5, 0.6) is 0 Å². The number of likely N-dealkylation sites (tertiary alicyclic amines) is 1. The lowest BCUT2D eigenvalue weighted by Gasteiger charge is -2.16. The Balaban J connectivity index is 1.58. The summed E-state index contributed by atoms with van der Waals surface area (Å²) in [5.74, 6) is 0.821. The second-order valence-corrected chi connectivity index (χ2v) is 5.85. The summed E-state index contributed by atoms with van der Waals surface area (Å²) in [5, 5.41) is 7.39. The van der Waals surface area contributed by atoms with Gasteiger partial charge in [0.2, 0.25) is 5.91 Å². The number of carbonyl (C=O) groups excluding carboxylic acids is 1. The molecule has 3 rings (SSSR count). The molecular weight excluding hydrogens is 276 g/mol. The molecule has 0 aliphatic carbocycles. The fourth-order valence-electron chi connectivity index (χ4n) is 2.99. The average Bonchev–Trinajstić information content (AvgIpc) is 3.20. The van der Waals surface area contributed by atoms with Crippen LogP contribution in [0.1, 0.15) is 12.0 Å². The molecule has 1 aliphatic heterocycles. The first-order valence-electron chi connectivity index (χ1n) is 7.77. The highest BCUT2D eigenvalue weighted by Gasteiger charge is 2.25. The molecule has 1 N–H and O–H groups in total. The third kappa shape index (κ3) is 3.36. The van der Waals surface area contributed by atoms with Crippen molar-refractivity contribution >= 4 is 5.91 Å². The van der Waals surface area contributed by atoms with E-state index in [9.17, 15) is 4.79 Å². The van der Waals surface area contributed by atoms with Gasteiger partial charge >= 0.3 is 0 Å². The lowest BCUT2D eigenvalue weighted by Crippen LogP contribution is -2.31. The third-order valence-corrected chi connectivity index (χ3v) is 4.19. The van der Waals surface area contributed by atoms with E-state index in [0.717, 1.165) is 37.3 Å². The molecule has 1 amide bonds. The Labute approximate surface area is 130 Å². The van der Waals surface area contributed by atoms with Gasteiger partial charge in [-0.25, -0.2) is 4.68 Å². The molecule has 0 radical (unpaired) electrons. The Morgan fingerprint density at radius 2 is 2.18 bits per heavy atom. The van der Waals surface area contributed by atoms with Gasteiger partial charge in [0.05, 0.1) is 12.1 Å². The van der Waals surface area contributed by atoms with Gasteiger partial charge in [0, 0.05) is 25.5 Å². The molecule has 22 heavy (non-hydrogen) atoms. The van der Waals surface area contributed by atoms with Crippen LogP contribution in [0.3, 0.4) is 0 Å². The van der Waals surface area contributed by atoms with Gasteiger partial charge < -0.3 is 10.2 Å². The molecule has 1 unspecified atom stereocenters. The van der Waals surface area contributed by atoms with Crippen LogP contribution in [0.2, 0.25) is 0 Å². The molecule has 1 fully saturated rings. The Bertz CT molecular complexity index is 606. The van der Waals surface area contributed by atoms with E-state index in [-0.39, 0.29) is 5.91 Å². The molecule has 5 heteroatoms. The van der Waals surface area contributed by atoms with Crippen LogP contribution in [-0.2, 0) is 11.2 Å². The lowest BCUT2D eigenvalue weighted by atomic mass is 10.1. The number of carbonyl (C=O) groups is 1. The SMILES string of the molecule is CNCC1CCN(C(=O)Cc2ccc(-n3cccn3)cc2)C1. The maximum absolute atomic E-state index is 12.4. The van der Waals surface area contributed by atoms with Crippen LogP contribution < -0.4 is 5.32 Å². The van der Waals surface area contributed by atoms with Gasteiger partial charge in [-0.15, -0.1) is 0 Å². The van der Waals surface area contributed by atoms with Crippen LogP contribution in [0.25, 0.3) is 5.69 Å². The van der Waals surface area contributed by atoms with Crippen molar-refractivity contribution in [3.05, 3.63) is 48.3 Å². The molecule has 1 atom stereocenters. The van der Waals surface area contributed by atoms with E-state index in [1.165, 1.54) is 0 Å². The van der Waals surface area contributed by atoms with Gasteiger partial charge in [0.1, 0.15) is 0 Å². The molecule has 0 bridgehead atoms. The zero-order valence-electron chi connectivity index (χ0n) is 12.9. The number of aromatic nitrogens is 2. The van der Waals surface area contributed by atoms with E-state index in [1.54, 1.807) is 6.20 Å². The molecule has 5 nitrogen and oxygen atoms in total. The predicted octanol–water partition coefficient (Wildman–Crippen LogP) is 1.48. The minimum absolute atomic E-state index is 0.227. The van der Waals surface area contributed by atoms with Crippen LogP contribution in [0, 0.1) is 5.92 Å². The lowest BCUT2D eigenvalue weighted by molar-refractivity contribution is -0.129. The Morgan fingerprint density at radius 3 is 2.86 bits per heavy atom. The number of nitrogens with one attached hydrogen (secondary N) is 1. The van der Waals surface area contributed by atoms with Gasteiger partial charge in [-0.2, -0.15) is 5.10 Å². The summed E-state index contributed by atoms with van der Waals surface area (Å²) in [6, 6.07) is 9.92. The molecular formula is C17H22N4O. The Kier molecular flexibility index (Phi) is 4.53. The minimum atomic E-state index is 0.227. The highest BCUT2D eigenvalue weighted by Crippen LogP contribution is 2.17. The van der Waals surface area contributed by atoms with Gasteiger partial charge in [-0.1, -0.05) is 12.1 Å². The van der Waals surface area contributed by atoms with Crippen LogP contribution in [0.4, 0.5) is 0 Å². The Morgan fingerprint density at radius 1 is 1.36 bits per heavy atom. The van der Waals surface area contributed by atoms with Crippen molar-refractivity contribution in [1.29, 1.82) is 0 Å². The average molecular weight is 298 g/mol. The number of benzene rings is 1. The fraction of sp³-hybridized carbons (Fsp3) is 0.412. The highest BCUT2D eigenvalue weighted by molar-refractivity contribution is 5.79. The predicted molar refractivity (Wildman–Crippen MR) is 85.9 cm³/mol. The zero-order valence-corrected chi connectivity index (χ0v) is 12.9. The second-order valence-electron chi connectivity index (χ2n) is 5.85. The van der Waals surface area contributed by atoms with E-state index in [1.807, 2.05) is 53.2 Å². The maximum Gasteiger partial charge on any atom is 0.226 e. The number of amides is 1. The summed E-state index contributed by atoms with van der Waals surface area (Å²) in [6.45, 7) is 2.75. The highest BCUT2D eigenvalue weighted by atomic mass is 16.2. The van der Waals surface area contributed by atoms with E-state index in [0.29, 0.717) is 12.3 Å². The van der Waals surface area contributed by atoms with Gasteiger partial charge in [0.25, 0.3) is 0 Å². The summed E-state index contributed by atoms with van der Waals surface area (Å²) >= 11 is 0. The normalized spacial score (nSPS) is 17.9. The van der Waals surface area contributed by atoms with Crippen LogP contribution in [-0.4, -0.2) is 47.3 Å². The molecule has 0 spiro atoms. The van der Waals surface area contributed by atoms with Crippen LogP contribution in [0.15, 0.2) is 42.7 Å². The second kappa shape index (κ2) is 6.75. The van der Waals surface area contributed by atoms with Gasteiger partial charge in [-0.05, 0) is 49.7 Å². The zero-order chi connectivity index (χ0) is 15.4. The van der Waals surface area contributed by atoms with Crippen LogP contribution >= 0.6 is 0 Å². The first-order chi connectivity index (χ1) is 10.8. The fourth-order valence-corrected chi connectivity index (χ4v) is 2.99. The molecule has 116 valence electrons. The van der Waals surface area contributed by atoms with Crippen molar-refractivity contribution in [2.45, 2.75) is 12.8 Å². The number of rotatable bonds is 5. The number of nitrogens with zero attached hydrogens (tertiary/aromatic N) is 3. The van der Waals surface area contributed by atoms with E-state index in [2.05, 4.69) is 10.4 Å². The molecule has 1 aromatic heterocycles. The summed E-state index contributed by atoms with van der Waals surface area (Å²) in [7, 11) is 1.96. The van der Waals surface area contributed by atoms with Crippen molar-refractivity contribution in [3.63, 3.8) is 0 Å². The molecule has 2 heterocycles. The van der Waals surface area contributed by atoms with E-state index < -0.39 is 0 Å². The minimum Gasteiger partial charge on any atom is -0.342 e. The molecule has 1 aliphatic rings. The first-order valence-corrected chi connectivity index (χ1v) is 7.77. The van der Waals surface area contributed by atoms with Crippen molar-refractivity contribution in [2.24, 2.45) is 5.92 Å². The largest absolute Gasteiger partial charge is 0.342 e. The van der Waals surface area contributed by atoms with Crippen molar-refractivity contribution in [2.75, 3.05) is 26.7 Å². The summed E-state index contributed by atoms with van der Waals surface area (Å²) < 4.78 is 1.81.